The van der Waals surface area contributed by atoms with Crippen molar-refractivity contribution in [2.45, 2.75) is 33.1 Å². The van der Waals surface area contributed by atoms with Gasteiger partial charge in [0.25, 0.3) is 0 Å². The van der Waals surface area contributed by atoms with Crippen LogP contribution in [-0.2, 0) is 0 Å². The average molecular weight is 229 g/mol. The van der Waals surface area contributed by atoms with Crippen molar-refractivity contribution in [2.24, 2.45) is 0 Å². The van der Waals surface area contributed by atoms with Gasteiger partial charge in [-0.3, -0.25) is 0 Å². The van der Waals surface area contributed by atoms with Crippen molar-refractivity contribution in [3.63, 3.8) is 0 Å². The standard InChI is InChI=1S/C10H17ClN4/c1-3-4-5-6-13-9-8(12)7(2)14-10(11)15-9/h3-6,12H2,1-2H3,(H,13,14,15). The van der Waals surface area contributed by atoms with Crippen LogP contribution in [0.2, 0.25) is 5.28 Å². The number of nitrogens with two attached hydrogens (primary N) is 1. The molecule has 1 aromatic heterocycles. The number of unbranched alkanes of at least 4 members (excludes halogenated alkanes) is 2. The van der Waals surface area contributed by atoms with E-state index in [1.807, 2.05) is 6.92 Å². The lowest BCUT2D eigenvalue weighted by molar-refractivity contribution is 0.742. The molecule has 0 saturated heterocycles. The summed E-state index contributed by atoms with van der Waals surface area (Å²) in [5, 5.41) is 3.40. The molecule has 5 heteroatoms. The molecule has 0 aliphatic heterocycles. The smallest absolute Gasteiger partial charge is 0.224 e. The maximum atomic E-state index is 5.82. The Morgan fingerprint density at radius 2 is 2.07 bits per heavy atom. The highest BCUT2D eigenvalue weighted by atomic mass is 35.5. The molecule has 0 atom stereocenters. The van der Waals surface area contributed by atoms with E-state index in [9.17, 15) is 0 Å². The molecular weight excluding hydrogens is 212 g/mol. The van der Waals surface area contributed by atoms with E-state index in [1.54, 1.807) is 0 Å². The molecule has 0 bridgehead atoms. The Bertz CT molecular complexity index is 327. The maximum absolute atomic E-state index is 5.82. The summed E-state index contributed by atoms with van der Waals surface area (Å²) in [5.74, 6) is 0.642. The van der Waals surface area contributed by atoms with Crippen molar-refractivity contribution in [1.29, 1.82) is 0 Å². The zero-order chi connectivity index (χ0) is 11.3. The molecule has 1 heterocycles. The minimum absolute atomic E-state index is 0.236. The summed E-state index contributed by atoms with van der Waals surface area (Å²) < 4.78 is 0. The van der Waals surface area contributed by atoms with Crippen LogP contribution in [0.4, 0.5) is 11.5 Å². The van der Waals surface area contributed by atoms with E-state index in [1.165, 1.54) is 12.8 Å². The summed E-state index contributed by atoms with van der Waals surface area (Å²) in [4.78, 5) is 8.02. The van der Waals surface area contributed by atoms with Crippen LogP contribution in [0.1, 0.15) is 31.9 Å². The fraction of sp³-hybridized carbons (Fsp3) is 0.600. The summed E-state index contributed by atoms with van der Waals surface area (Å²) in [6, 6.07) is 0. The summed E-state index contributed by atoms with van der Waals surface area (Å²) in [6.45, 7) is 4.85. The Kier molecular flexibility index (Phi) is 4.62. The first-order valence-electron chi connectivity index (χ1n) is 5.18. The number of rotatable bonds is 5. The number of anilines is 2. The van der Waals surface area contributed by atoms with E-state index < -0.39 is 0 Å². The molecule has 3 N–H and O–H groups in total. The Morgan fingerprint density at radius 1 is 1.33 bits per heavy atom. The largest absolute Gasteiger partial charge is 0.394 e. The third-order valence-corrected chi connectivity index (χ3v) is 2.35. The normalized spacial score (nSPS) is 10.3. The molecule has 0 radical (unpaired) electrons. The van der Waals surface area contributed by atoms with Gasteiger partial charge in [0.1, 0.15) is 0 Å². The summed E-state index contributed by atoms with van der Waals surface area (Å²) in [7, 11) is 0. The molecular formula is C10H17ClN4. The van der Waals surface area contributed by atoms with Crippen LogP contribution in [0.3, 0.4) is 0 Å². The first-order valence-corrected chi connectivity index (χ1v) is 5.56. The molecule has 0 aromatic carbocycles. The van der Waals surface area contributed by atoms with Crippen LogP contribution in [-0.4, -0.2) is 16.5 Å². The Labute approximate surface area is 95.3 Å². The number of hydrogen-bond acceptors (Lipinski definition) is 4. The fourth-order valence-electron chi connectivity index (χ4n) is 1.26. The predicted molar refractivity (Wildman–Crippen MR) is 64.2 cm³/mol. The van der Waals surface area contributed by atoms with Gasteiger partial charge in [0.15, 0.2) is 5.82 Å². The van der Waals surface area contributed by atoms with Crippen molar-refractivity contribution in [1.82, 2.24) is 9.97 Å². The van der Waals surface area contributed by atoms with Crippen LogP contribution >= 0.6 is 11.6 Å². The lowest BCUT2D eigenvalue weighted by Crippen LogP contribution is -2.08. The summed E-state index contributed by atoms with van der Waals surface area (Å²) in [5.41, 5.74) is 7.12. The molecule has 1 rings (SSSR count). The molecule has 0 unspecified atom stereocenters. The third-order valence-electron chi connectivity index (χ3n) is 2.18. The van der Waals surface area contributed by atoms with Gasteiger partial charge in [-0.25, -0.2) is 4.98 Å². The lowest BCUT2D eigenvalue weighted by atomic mass is 10.2. The van der Waals surface area contributed by atoms with E-state index in [0.29, 0.717) is 17.2 Å². The van der Waals surface area contributed by atoms with Gasteiger partial charge in [0.05, 0.1) is 11.4 Å². The quantitative estimate of drug-likeness (QED) is 0.601. The second-order valence-electron chi connectivity index (χ2n) is 3.47. The van der Waals surface area contributed by atoms with Crippen LogP contribution in [0.25, 0.3) is 0 Å². The topological polar surface area (TPSA) is 63.8 Å². The van der Waals surface area contributed by atoms with E-state index >= 15 is 0 Å². The maximum Gasteiger partial charge on any atom is 0.224 e. The van der Waals surface area contributed by atoms with Gasteiger partial charge in [-0.1, -0.05) is 19.8 Å². The molecule has 0 aliphatic rings. The van der Waals surface area contributed by atoms with Gasteiger partial charge in [0, 0.05) is 6.54 Å². The van der Waals surface area contributed by atoms with Crippen LogP contribution < -0.4 is 11.1 Å². The van der Waals surface area contributed by atoms with Crippen molar-refractivity contribution >= 4 is 23.1 Å². The lowest BCUT2D eigenvalue weighted by Gasteiger charge is -2.09. The van der Waals surface area contributed by atoms with E-state index in [-0.39, 0.29) is 5.28 Å². The number of halogens is 1. The molecule has 15 heavy (non-hydrogen) atoms. The monoisotopic (exact) mass is 228 g/mol. The highest BCUT2D eigenvalue weighted by molar-refractivity contribution is 6.28. The molecule has 0 fully saturated rings. The Balaban J connectivity index is 2.60. The second kappa shape index (κ2) is 5.75. The van der Waals surface area contributed by atoms with Gasteiger partial charge >= 0.3 is 0 Å². The van der Waals surface area contributed by atoms with Gasteiger partial charge in [-0.15, -0.1) is 0 Å². The van der Waals surface area contributed by atoms with E-state index in [2.05, 4.69) is 22.2 Å². The molecule has 4 nitrogen and oxygen atoms in total. The zero-order valence-corrected chi connectivity index (χ0v) is 9.93. The number of nitrogens with zero attached hydrogens (tertiary/aromatic N) is 2. The van der Waals surface area contributed by atoms with E-state index in [4.69, 9.17) is 17.3 Å². The van der Waals surface area contributed by atoms with Crippen molar-refractivity contribution in [2.75, 3.05) is 17.6 Å². The van der Waals surface area contributed by atoms with Gasteiger partial charge in [-0.05, 0) is 24.9 Å². The first-order chi connectivity index (χ1) is 7.15. The summed E-state index contributed by atoms with van der Waals surface area (Å²) >= 11 is 5.74. The highest BCUT2D eigenvalue weighted by Gasteiger charge is 2.06. The minimum Gasteiger partial charge on any atom is -0.394 e. The Morgan fingerprint density at radius 3 is 2.73 bits per heavy atom. The zero-order valence-electron chi connectivity index (χ0n) is 9.18. The van der Waals surface area contributed by atoms with Gasteiger partial charge in [0.2, 0.25) is 5.28 Å². The number of nitrogen functional groups attached to an aromatic ring is 1. The Hall–Kier alpha value is -1.03. The van der Waals surface area contributed by atoms with E-state index in [0.717, 1.165) is 13.0 Å². The molecule has 0 aliphatic carbocycles. The van der Waals surface area contributed by atoms with Crippen molar-refractivity contribution in [3.05, 3.63) is 11.0 Å². The van der Waals surface area contributed by atoms with Crippen molar-refractivity contribution < 1.29 is 0 Å². The molecule has 0 amide bonds. The molecule has 0 spiro atoms. The fourth-order valence-corrected chi connectivity index (χ4v) is 1.48. The molecule has 84 valence electrons. The second-order valence-corrected chi connectivity index (χ2v) is 3.81. The number of aryl methyl sites for hydroxylation is 1. The summed E-state index contributed by atoms with van der Waals surface area (Å²) in [6.07, 6.45) is 3.50. The highest BCUT2D eigenvalue weighted by Crippen LogP contribution is 2.20. The van der Waals surface area contributed by atoms with Crippen LogP contribution in [0.5, 0.6) is 0 Å². The van der Waals surface area contributed by atoms with Gasteiger partial charge < -0.3 is 11.1 Å². The molecule has 1 aromatic rings. The number of nitrogens with one attached hydrogen (secondary N) is 1. The minimum atomic E-state index is 0.236. The van der Waals surface area contributed by atoms with Gasteiger partial charge in [-0.2, -0.15) is 4.98 Å². The number of hydrogen-bond donors (Lipinski definition) is 2. The van der Waals surface area contributed by atoms with Crippen LogP contribution in [0, 0.1) is 6.92 Å². The molecule has 0 saturated carbocycles. The third kappa shape index (κ3) is 3.55. The average Bonchev–Trinajstić information content (AvgIpc) is 2.19. The predicted octanol–water partition coefficient (Wildman–Crippen LogP) is 2.62. The SMILES string of the molecule is CCCCCNc1nc(Cl)nc(C)c1N. The first kappa shape index (κ1) is 12.0. The van der Waals surface area contributed by atoms with Crippen molar-refractivity contribution in [3.8, 4) is 0 Å². The number of aromatic nitrogens is 2. The van der Waals surface area contributed by atoms with Crippen LogP contribution in [0.15, 0.2) is 0 Å².